The molecule has 0 spiro atoms. The fourth-order valence-electron chi connectivity index (χ4n) is 0.913. The van der Waals surface area contributed by atoms with Crippen molar-refractivity contribution >= 4 is 14.2 Å². The van der Waals surface area contributed by atoms with Crippen molar-refractivity contribution < 1.29 is 27.6 Å². The molecule has 19 heavy (non-hydrogen) atoms. The molecule has 0 N–H and O–H groups in total. The molecule has 0 radical (unpaired) electrons. The molecule has 0 fully saturated rings. The van der Waals surface area contributed by atoms with Crippen molar-refractivity contribution in [2.45, 2.75) is 13.3 Å². The van der Waals surface area contributed by atoms with E-state index in [2.05, 4.69) is 6.58 Å². The first kappa shape index (κ1) is 18.2. The van der Waals surface area contributed by atoms with Gasteiger partial charge < -0.3 is 9.22 Å². The first-order chi connectivity index (χ1) is 8.72. The monoisotopic (exact) mass is 293 g/mol. The number of likely N-dealkylation sites (N-methyl/N-ethyl adjacent to an activating group) is 1. The van der Waals surface area contributed by atoms with E-state index in [1.54, 1.807) is 6.92 Å². The summed E-state index contributed by atoms with van der Waals surface area (Å²) in [5, 5.41) is 0. The van der Waals surface area contributed by atoms with Gasteiger partial charge in [0.2, 0.25) is 0 Å². The lowest BCUT2D eigenvalue weighted by molar-refractivity contribution is -0.870. The van der Waals surface area contributed by atoms with Gasteiger partial charge in [-0.2, -0.15) is 0 Å². The fraction of sp³-hybridized carbons (Fsp3) is 0.750. The highest BCUT2D eigenvalue weighted by Gasteiger charge is 2.21. The lowest BCUT2D eigenvalue weighted by Crippen LogP contribution is -2.37. The molecule has 0 aliphatic heterocycles. The number of esters is 1. The summed E-state index contributed by atoms with van der Waals surface area (Å²) in [5.41, 5.74) is 0.357. The molecule has 110 valence electrons. The fourth-order valence-corrected chi connectivity index (χ4v) is 1.50. The number of carbonyl (C=O) groups is 1. The van der Waals surface area contributed by atoms with E-state index in [-0.39, 0.29) is 13.2 Å². The molecule has 7 heteroatoms. The Balaban J connectivity index is 3.49. The quantitative estimate of drug-likeness (QED) is 0.202. The van der Waals surface area contributed by atoms with Crippen molar-refractivity contribution in [3.63, 3.8) is 0 Å². The van der Waals surface area contributed by atoms with Gasteiger partial charge in [-0.25, -0.2) is 4.79 Å². The molecule has 0 rings (SSSR count). The molecule has 0 aliphatic carbocycles. The molecular weight excluding hydrogens is 269 g/mol. The molecular formula is C12H24NO5P+2. The summed E-state index contributed by atoms with van der Waals surface area (Å²) in [6, 6.07) is 0. The molecule has 0 aromatic rings. The van der Waals surface area contributed by atoms with Crippen molar-refractivity contribution in [2.24, 2.45) is 0 Å². The van der Waals surface area contributed by atoms with E-state index < -0.39 is 14.2 Å². The third kappa shape index (κ3) is 12.0. The van der Waals surface area contributed by atoms with Crippen LogP contribution in [0.2, 0.25) is 0 Å². The molecule has 0 bridgehead atoms. The summed E-state index contributed by atoms with van der Waals surface area (Å²) in [5.74, 6) is -0.427. The average molecular weight is 293 g/mol. The van der Waals surface area contributed by atoms with Crippen molar-refractivity contribution in [3.8, 4) is 0 Å². The van der Waals surface area contributed by atoms with Gasteiger partial charge in [-0.15, -0.1) is 9.05 Å². The third-order valence-corrected chi connectivity index (χ3v) is 2.81. The second-order valence-corrected chi connectivity index (χ2v) is 6.14. The van der Waals surface area contributed by atoms with Crippen LogP contribution in [0.25, 0.3) is 0 Å². The number of quaternary nitrogens is 1. The highest BCUT2D eigenvalue weighted by Crippen LogP contribution is 2.23. The minimum atomic E-state index is -2.10. The van der Waals surface area contributed by atoms with Crippen molar-refractivity contribution in [3.05, 3.63) is 12.2 Å². The van der Waals surface area contributed by atoms with Gasteiger partial charge in [-0.1, -0.05) is 6.58 Å². The van der Waals surface area contributed by atoms with E-state index in [1.165, 1.54) is 0 Å². The van der Waals surface area contributed by atoms with E-state index in [0.717, 1.165) is 11.0 Å². The van der Waals surface area contributed by atoms with Crippen molar-refractivity contribution in [1.82, 2.24) is 0 Å². The minimum absolute atomic E-state index is 0.216. The van der Waals surface area contributed by atoms with Crippen molar-refractivity contribution in [1.29, 1.82) is 0 Å². The summed E-state index contributed by atoms with van der Waals surface area (Å²) in [6.07, 6.45) is 0.471. The highest BCUT2D eigenvalue weighted by atomic mass is 31.1. The normalized spacial score (nSPS) is 12.1. The summed E-state index contributed by atoms with van der Waals surface area (Å²) < 4.78 is 26.9. The van der Waals surface area contributed by atoms with Gasteiger partial charge in [0.15, 0.2) is 6.61 Å². The maximum atomic E-state index is 11.3. The largest absolute Gasteiger partial charge is 0.697 e. The predicted octanol–water partition coefficient (Wildman–Crippen LogP) is 1.89. The van der Waals surface area contributed by atoms with Gasteiger partial charge in [0.25, 0.3) is 0 Å². The molecule has 0 aliphatic rings. The number of rotatable bonds is 10. The van der Waals surface area contributed by atoms with E-state index in [9.17, 15) is 9.36 Å². The standard InChI is InChI=1S/C12H24NO5P/c1-11(2)12(14)16-8-6-9-17-19(15)18-10-7-13(3,4)5/h1,6-10H2,2-5H3/q+2. The predicted molar refractivity (Wildman–Crippen MR) is 72.8 cm³/mol. The molecule has 0 amide bonds. The molecule has 0 aromatic heterocycles. The number of carbonyl (C=O) groups excluding carboxylic acids is 1. The Kier molecular flexibility index (Phi) is 8.76. The van der Waals surface area contributed by atoms with Crippen LogP contribution >= 0.6 is 8.25 Å². The van der Waals surface area contributed by atoms with Gasteiger partial charge >= 0.3 is 14.2 Å². The van der Waals surface area contributed by atoms with Gasteiger partial charge in [0, 0.05) is 16.6 Å². The van der Waals surface area contributed by atoms with Crippen LogP contribution in [-0.2, 0) is 23.1 Å². The zero-order chi connectivity index (χ0) is 14.9. The van der Waals surface area contributed by atoms with E-state index in [1.807, 2.05) is 21.1 Å². The Morgan fingerprint density at radius 3 is 2.26 bits per heavy atom. The second-order valence-electron chi connectivity index (χ2n) is 5.17. The van der Waals surface area contributed by atoms with Crippen molar-refractivity contribution in [2.75, 3.05) is 47.5 Å². The van der Waals surface area contributed by atoms with Crippen LogP contribution in [0.1, 0.15) is 13.3 Å². The minimum Gasteiger partial charge on any atom is -0.462 e. The Labute approximate surface area is 115 Å². The summed E-state index contributed by atoms with van der Waals surface area (Å²) in [7, 11) is 3.97. The third-order valence-electron chi connectivity index (χ3n) is 2.03. The van der Waals surface area contributed by atoms with Crippen LogP contribution in [0, 0.1) is 0 Å². The summed E-state index contributed by atoms with van der Waals surface area (Å²) in [6.45, 7) is 6.61. The highest BCUT2D eigenvalue weighted by molar-refractivity contribution is 7.33. The zero-order valence-corrected chi connectivity index (χ0v) is 13.1. The molecule has 6 nitrogen and oxygen atoms in total. The van der Waals surface area contributed by atoms with E-state index in [4.69, 9.17) is 13.8 Å². The maximum absolute atomic E-state index is 11.3. The Morgan fingerprint density at radius 2 is 1.74 bits per heavy atom. The Morgan fingerprint density at radius 1 is 1.16 bits per heavy atom. The molecule has 0 saturated carbocycles. The van der Waals surface area contributed by atoms with Crippen LogP contribution < -0.4 is 0 Å². The van der Waals surface area contributed by atoms with Gasteiger partial charge in [-0.3, -0.25) is 0 Å². The number of hydrogen-bond acceptors (Lipinski definition) is 5. The summed E-state index contributed by atoms with van der Waals surface area (Å²) >= 11 is 0. The lowest BCUT2D eigenvalue weighted by Gasteiger charge is -2.21. The smallest absolute Gasteiger partial charge is 0.462 e. The van der Waals surface area contributed by atoms with Gasteiger partial charge in [-0.05, 0) is 6.92 Å². The maximum Gasteiger partial charge on any atom is 0.697 e. The molecule has 1 atom stereocenters. The number of nitrogens with zero attached hydrogens (tertiary/aromatic N) is 1. The van der Waals surface area contributed by atoms with E-state index in [0.29, 0.717) is 18.6 Å². The van der Waals surface area contributed by atoms with Crippen LogP contribution in [0.15, 0.2) is 12.2 Å². The van der Waals surface area contributed by atoms with E-state index >= 15 is 0 Å². The zero-order valence-electron chi connectivity index (χ0n) is 12.2. The first-order valence-electron chi connectivity index (χ1n) is 6.08. The lowest BCUT2D eigenvalue weighted by atomic mass is 10.4. The first-order valence-corrected chi connectivity index (χ1v) is 7.18. The van der Waals surface area contributed by atoms with Crippen LogP contribution in [0.4, 0.5) is 0 Å². The molecule has 0 saturated heterocycles. The molecule has 0 aromatic carbocycles. The second kappa shape index (κ2) is 9.15. The number of ether oxygens (including phenoxy) is 1. The van der Waals surface area contributed by atoms with Gasteiger partial charge in [0.05, 0.1) is 27.7 Å². The Bertz CT molecular complexity index is 325. The summed E-state index contributed by atoms with van der Waals surface area (Å²) in [4.78, 5) is 11.0. The van der Waals surface area contributed by atoms with Gasteiger partial charge in [0.1, 0.15) is 13.2 Å². The van der Waals surface area contributed by atoms with Crippen LogP contribution in [0.5, 0.6) is 0 Å². The molecule has 1 unspecified atom stereocenters. The van der Waals surface area contributed by atoms with Crippen LogP contribution in [0.3, 0.4) is 0 Å². The average Bonchev–Trinajstić information content (AvgIpc) is 2.26. The number of hydrogen-bond donors (Lipinski definition) is 0. The van der Waals surface area contributed by atoms with Crippen LogP contribution in [-0.4, -0.2) is 58.0 Å². The SMILES string of the molecule is C=C(C)C(=O)OCCCO[P+](=O)OCC[N+](C)(C)C. The molecule has 0 heterocycles. The topological polar surface area (TPSA) is 61.8 Å². The Hall–Kier alpha value is -0.810.